The predicted octanol–water partition coefficient (Wildman–Crippen LogP) is -1.46. The van der Waals surface area contributed by atoms with Crippen molar-refractivity contribution in [2.45, 2.75) is 37.8 Å². The standard InChI is InChI=1S/C8H14O8S/c1-4-7(16-17(11,12)13)5(9)3-6(15-4)8(10)14-2/h4-7,9H,3H2,1-2H3,(H,11,12,13)/p-1. The lowest BCUT2D eigenvalue weighted by Gasteiger charge is -2.36. The zero-order valence-electron chi connectivity index (χ0n) is 9.23. The maximum absolute atomic E-state index is 11.2. The van der Waals surface area contributed by atoms with E-state index in [2.05, 4.69) is 8.92 Å². The SMILES string of the molecule is COC(=O)C1CC(O)C(OS(=O)(=O)[O-])C(C)O1. The fourth-order valence-electron chi connectivity index (χ4n) is 1.62. The Labute approximate surface area is 98.4 Å². The van der Waals surface area contributed by atoms with E-state index < -0.39 is 40.8 Å². The molecule has 9 heteroatoms. The molecule has 1 saturated heterocycles. The summed E-state index contributed by atoms with van der Waals surface area (Å²) in [5, 5.41) is 9.60. The number of ether oxygens (including phenoxy) is 2. The first-order valence-electron chi connectivity index (χ1n) is 4.80. The minimum atomic E-state index is -4.94. The quantitative estimate of drug-likeness (QED) is 0.375. The first-order valence-corrected chi connectivity index (χ1v) is 6.13. The Balaban J connectivity index is 2.72. The van der Waals surface area contributed by atoms with Gasteiger partial charge in [-0.15, -0.1) is 0 Å². The summed E-state index contributed by atoms with van der Waals surface area (Å²) in [6.45, 7) is 1.38. The molecule has 0 spiro atoms. The van der Waals surface area contributed by atoms with Crippen LogP contribution in [0.2, 0.25) is 0 Å². The fourth-order valence-corrected chi connectivity index (χ4v) is 2.18. The van der Waals surface area contributed by atoms with Crippen molar-refractivity contribution in [3.8, 4) is 0 Å². The van der Waals surface area contributed by atoms with Crippen molar-refractivity contribution >= 4 is 16.4 Å². The molecule has 4 unspecified atom stereocenters. The van der Waals surface area contributed by atoms with Crippen molar-refractivity contribution in [1.29, 1.82) is 0 Å². The van der Waals surface area contributed by atoms with Crippen LogP contribution >= 0.6 is 0 Å². The number of carbonyl (C=O) groups excluding carboxylic acids is 1. The Morgan fingerprint density at radius 1 is 1.53 bits per heavy atom. The zero-order chi connectivity index (χ0) is 13.2. The van der Waals surface area contributed by atoms with E-state index in [1.165, 1.54) is 6.92 Å². The van der Waals surface area contributed by atoms with Crippen LogP contribution in [0.3, 0.4) is 0 Å². The van der Waals surface area contributed by atoms with Gasteiger partial charge in [-0.1, -0.05) is 0 Å². The Bertz CT molecular complexity index is 365. The van der Waals surface area contributed by atoms with E-state index in [4.69, 9.17) is 4.74 Å². The van der Waals surface area contributed by atoms with E-state index in [1.807, 2.05) is 0 Å². The Morgan fingerprint density at radius 3 is 2.53 bits per heavy atom. The first kappa shape index (κ1) is 14.3. The monoisotopic (exact) mass is 269 g/mol. The van der Waals surface area contributed by atoms with Crippen molar-refractivity contribution in [2.24, 2.45) is 0 Å². The van der Waals surface area contributed by atoms with Crippen molar-refractivity contribution in [3.05, 3.63) is 0 Å². The van der Waals surface area contributed by atoms with Gasteiger partial charge in [-0.2, -0.15) is 0 Å². The summed E-state index contributed by atoms with van der Waals surface area (Å²) in [4.78, 5) is 11.2. The lowest BCUT2D eigenvalue weighted by Crippen LogP contribution is -2.51. The predicted molar refractivity (Wildman–Crippen MR) is 51.5 cm³/mol. The second-order valence-corrected chi connectivity index (χ2v) is 4.63. The summed E-state index contributed by atoms with van der Waals surface area (Å²) in [5.74, 6) is -0.681. The van der Waals surface area contributed by atoms with Crippen molar-refractivity contribution in [2.75, 3.05) is 7.11 Å². The van der Waals surface area contributed by atoms with Gasteiger partial charge in [-0.3, -0.25) is 4.18 Å². The highest BCUT2D eigenvalue weighted by atomic mass is 32.3. The Hall–Kier alpha value is -0.740. The minimum Gasteiger partial charge on any atom is -0.726 e. The number of aliphatic hydroxyl groups is 1. The average Bonchev–Trinajstić information content (AvgIpc) is 2.20. The van der Waals surface area contributed by atoms with Gasteiger partial charge >= 0.3 is 5.97 Å². The number of carbonyl (C=O) groups is 1. The van der Waals surface area contributed by atoms with Crippen LogP contribution in [0.15, 0.2) is 0 Å². The molecule has 0 saturated carbocycles. The molecule has 0 aromatic carbocycles. The van der Waals surface area contributed by atoms with E-state index >= 15 is 0 Å². The molecule has 1 aliphatic rings. The number of rotatable bonds is 3. The second kappa shape index (κ2) is 5.27. The molecule has 0 aliphatic carbocycles. The average molecular weight is 269 g/mol. The van der Waals surface area contributed by atoms with Gasteiger partial charge in [-0.05, 0) is 6.92 Å². The third kappa shape index (κ3) is 3.89. The van der Waals surface area contributed by atoms with Crippen LogP contribution in [-0.4, -0.2) is 55.6 Å². The highest BCUT2D eigenvalue weighted by molar-refractivity contribution is 7.80. The van der Waals surface area contributed by atoms with Crippen molar-refractivity contribution < 1.29 is 36.5 Å². The summed E-state index contributed by atoms with van der Waals surface area (Å²) < 4.78 is 45.0. The third-order valence-corrected chi connectivity index (χ3v) is 2.83. The normalized spacial score (nSPS) is 34.4. The molecule has 1 heterocycles. The number of hydrogen-bond donors (Lipinski definition) is 1. The zero-order valence-corrected chi connectivity index (χ0v) is 10.0. The molecule has 0 radical (unpaired) electrons. The largest absolute Gasteiger partial charge is 0.726 e. The number of aliphatic hydroxyl groups excluding tert-OH is 1. The summed E-state index contributed by atoms with van der Waals surface area (Å²) >= 11 is 0. The van der Waals surface area contributed by atoms with E-state index in [1.54, 1.807) is 0 Å². The molecule has 0 amide bonds. The van der Waals surface area contributed by atoms with Gasteiger partial charge in [0.25, 0.3) is 0 Å². The molecule has 1 N–H and O–H groups in total. The third-order valence-electron chi connectivity index (χ3n) is 2.37. The number of hydrogen-bond acceptors (Lipinski definition) is 8. The molecule has 1 fully saturated rings. The molecule has 0 bridgehead atoms. The maximum atomic E-state index is 11.2. The van der Waals surface area contributed by atoms with Gasteiger partial charge in [0, 0.05) is 6.42 Å². The van der Waals surface area contributed by atoms with Crippen molar-refractivity contribution in [3.63, 3.8) is 0 Å². The summed E-state index contributed by atoms with van der Waals surface area (Å²) in [7, 11) is -3.78. The molecule has 100 valence electrons. The van der Waals surface area contributed by atoms with Gasteiger partial charge < -0.3 is 19.1 Å². The van der Waals surface area contributed by atoms with E-state index in [9.17, 15) is 22.9 Å². The fraction of sp³-hybridized carbons (Fsp3) is 0.875. The topological polar surface area (TPSA) is 122 Å². The van der Waals surface area contributed by atoms with Crippen LogP contribution in [0.1, 0.15) is 13.3 Å². The molecule has 0 aromatic rings. The molecule has 1 aliphatic heterocycles. The van der Waals surface area contributed by atoms with Crippen LogP contribution in [0, 0.1) is 0 Å². The molecule has 1 rings (SSSR count). The summed E-state index contributed by atoms with van der Waals surface area (Å²) in [6, 6.07) is 0. The number of methoxy groups -OCH3 is 1. The maximum Gasteiger partial charge on any atom is 0.335 e. The minimum absolute atomic E-state index is 0.197. The highest BCUT2D eigenvalue weighted by Gasteiger charge is 2.40. The van der Waals surface area contributed by atoms with Gasteiger partial charge in [0.15, 0.2) is 6.10 Å². The lowest BCUT2D eigenvalue weighted by atomic mass is 9.99. The number of esters is 1. The summed E-state index contributed by atoms with van der Waals surface area (Å²) in [6.07, 6.45) is -4.74. The first-order chi connectivity index (χ1) is 7.74. The van der Waals surface area contributed by atoms with Crippen molar-refractivity contribution in [1.82, 2.24) is 0 Å². The highest BCUT2D eigenvalue weighted by Crippen LogP contribution is 2.24. The van der Waals surface area contributed by atoms with Crippen LogP contribution < -0.4 is 0 Å². The molecule has 4 atom stereocenters. The van der Waals surface area contributed by atoms with Crippen LogP contribution in [0.5, 0.6) is 0 Å². The molecular weight excluding hydrogens is 256 g/mol. The van der Waals surface area contributed by atoms with Crippen LogP contribution in [0.4, 0.5) is 0 Å². The smallest absolute Gasteiger partial charge is 0.335 e. The van der Waals surface area contributed by atoms with E-state index in [-0.39, 0.29) is 6.42 Å². The summed E-state index contributed by atoms with van der Waals surface area (Å²) in [5.41, 5.74) is 0. The Kier molecular flexibility index (Phi) is 4.44. The van der Waals surface area contributed by atoms with Crippen LogP contribution in [-0.2, 0) is 28.9 Å². The van der Waals surface area contributed by atoms with E-state index in [0.29, 0.717) is 0 Å². The second-order valence-electron chi connectivity index (χ2n) is 3.63. The molecule has 8 nitrogen and oxygen atoms in total. The van der Waals surface area contributed by atoms with Gasteiger partial charge in [-0.25, -0.2) is 13.2 Å². The van der Waals surface area contributed by atoms with Gasteiger partial charge in [0.1, 0.15) is 6.10 Å². The molecule has 17 heavy (non-hydrogen) atoms. The van der Waals surface area contributed by atoms with Gasteiger partial charge in [0.05, 0.1) is 19.3 Å². The van der Waals surface area contributed by atoms with Crippen LogP contribution in [0.25, 0.3) is 0 Å². The van der Waals surface area contributed by atoms with Gasteiger partial charge in [0.2, 0.25) is 10.4 Å². The molecule has 0 aromatic heterocycles. The lowest BCUT2D eigenvalue weighted by molar-refractivity contribution is -0.184. The Morgan fingerprint density at radius 2 is 2.12 bits per heavy atom. The molecular formula is C8H13O8S-. The van der Waals surface area contributed by atoms with E-state index in [0.717, 1.165) is 7.11 Å².